The molecule has 1 aromatic heterocycles. The van der Waals surface area contributed by atoms with Crippen molar-refractivity contribution in [3.05, 3.63) is 71.8 Å². The van der Waals surface area contributed by atoms with Gasteiger partial charge < -0.3 is 19.4 Å². The zero-order chi connectivity index (χ0) is 27.1. The van der Waals surface area contributed by atoms with Gasteiger partial charge in [0.05, 0.1) is 12.8 Å². The van der Waals surface area contributed by atoms with E-state index in [0.29, 0.717) is 44.2 Å². The monoisotopic (exact) mass is 515 g/mol. The number of benzene rings is 2. The van der Waals surface area contributed by atoms with Crippen molar-refractivity contribution >= 4 is 17.6 Å². The van der Waals surface area contributed by atoms with Crippen LogP contribution in [0.15, 0.2) is 60.7 Å². The molecule has 8 heteroatoms. The predicted octanol–water partition coefficient (Wildman–Crippen LogP) is 4.30. The number of amides is 2. The molecule has 2 aromatic carbocycles. The van der Waals surface area contributed by atoms with Crippen molar-refractivity contribution in [3.8, 4) is 17.0 Å². The maximum atomic E-state index is 13.3. The summed E-state index contributed by atoms with van der Waals surface area (Å²) in [6.45, 7) is 9.34. The number of piperazine rings is 1. The number of rotatable bonds is 9. The first-order valence-corrected chi connectivity index (χ1v) is 13.2. The maximum Gasteiger partial charge on any atom is 0.254 e. The van der Waals surface area contributed by atoms with E-state index in [1.807, 2.05) is 72.5 Å². The van der Waals surface area contributed by atoms with Crippen LogP contribution in [0.1, 0.15) is 36.2 Å². The number of ether oxygens (including phenoxy) is 1. The average Bonchev–Trinajstić information content (AvgIpc) is 2.97. The Labute approximate surface area is 225 Å². The van der Waals surface area contributed by atoms with Crippen molar-refractivity contribution in [1.82, 2.24) is 20.0 Å². The van der Waals surface area contributed by atoms with Crippen LogP contribution in [-0.4, -0.2) is 78.2 Å². The lowest BCUT2D eigenvalue weighted by Crippen LogP contribution is -2.52. The topological polar surface area (TPSA) is 78.9 Å². The maximum absolute atomic E-state index is 13.3. The highest BCUT2D eigenvalue weighted by Gasteiger charge is 2.26. The van der Waals surface area contributed by atoms with Gasteiger partial charge in [0.25, 0.3) is 5.91 Å². The summed E-state index contributed by atoms with van der Waals surface area (Å²) in [5.41, 5.74) is 3.44. The molecular weight excluding hydrogens is 478 g/mol. The third kappa shape index (κ3) is 6.68. The molecule has 0 unspecified atom stereocenters. The lowest BCUT2D eigenvalue weighted by Gasteiger charge is -2.36. The van der Waals surface area contributed by atoms with E-state index >= 15 is 0 Å². The molecule has 2 heterocycles. The van der Waals surface area contributed by atoms with E-state index in [9.17, 15) is 9.59 Å². The molecule has 200 valence electrons. The fraction of sp³-hybridized carbons (Fsp3) is 0.400. The standard InChI is InChI=1S/C30H37N5O3/c1-5-22(2)20-35(30(37)24-11-9-23(3)10-12-24)21-29(36)34-17-15-33(16-18-34)28-14-13-27(31-32-28)25-7-6-8-26(19-25)38-4/h6-14,19,22H,5,15-18,20-21H2,1-4H3/t22-/m1/s1. The number of aryl methyl sites for hydroxylation is 1. The van der Waals surface area contributed by atoms with E-state index in [1.54, 1.807) is 12.0 Å². The minimum absolute atomic E-state index is 0.0205. The van der Waals surface area contributed by atoms with Crippen molar-refractivity contribution < 1.29 is 14.3 Å². The molecule has 0 aliphatic carbocycles. The Morgan fingerprint density at radius 2 is 1.74 bits per heavy atom. The Hall–Kier alpha value is -3.94. The minimum Gasteiger partial charge on any atom is -0.497 e. The quantitative estimate of drug-likeness (QED) is 0.423. The molecule has 8 nitrogen and oxygen atoms in total. The highest BCUT2D eigenvalue weighted by Crippen LogP contribution is 2.23. The zero-order valence-corrected chi connectivity index (χ0v) is 22.8. The first-order valence-electron chi connectivity index (χ1n) is 13.2. The summed E-state index contributed by atoms with van der Waals surface area (Å²) in [5, 5.41) is 8.85. The average molecular weight is 516 g/mol. The van der Waals surface area contributed by atoms with Crippen LogP contribution in [-0.2, 0) is 4.79 Å². The number of methoxy groups -OCH3 is 1. The summed E-state index contributed by atoms with van der Waals surface area (Å²) in [6, 6.07) is 19.2. The molecule has 3 aromatic rings. The van der Waals surface area contributed by atoms with Crippen molar-refractivity contribution in [3.63, 3.8) is 0 Å². The van der Waals surface area contributed by atoms with Crippen LogP contribution in [0, 0.1) is 12.8 Å². The lowest BCUT2D eigenvalue weighted by molar-refractivity contribution is -0.132. The van der Waals surface area contributed by atoms with Crippen molar-refractivity contribution in [2.24, 2.45) is 5.92 Å². The normalized spacial score (nSPS) is 14.2. The molecule has 1 aliphatic heterocycles. The van der Waals surface area contributed by atoms with Crippen LogP contribution in [0.5, 0.6) is 5.75 Å². The fourth-order valence-corrected chi connectivity index (χ4v) is 4.48. The molecule has 1 saturated heterocycles. The van der Waals surface area contributed by atoms with Crippen LogP contribution < -0.4 is 9.64 Å². The molecule has 0 radical (unpaired) electrons. The van der Waals surface area contributed by atoms with E-state index < -0.39 is 0 Å². The number of hydrogen-bond donors (Lipinski definition) is 0. The van der Waals surface area contributed by atoms with Crippen LogP contribution in [0.25, 0.3) is 11.3 Å². The molecule has 0 N–H and O–H groups in total. The van der Waals surface area contributed by atoms with Gasteiger partial charge in [0.2, 0.25) is 5.91 Å². The second kappa shape index (κ2) is 12.5. The molecule has 4 rings (SSSR count). The minimum atomic E-state index is -0.0938. The van der Waals surface area contributed by atoms with Crippen LogP contribution in [0.2, 0.25) is 0 Å². The molecule has 0 spiro atoms. The van der Waals surface area contributed by atoms with Crippen LogP contribution in [0.3, 0.4) is 0 Å². The van der Waals surface area contributed by atoms with Crippen LogP contribution >= 0.6 is 0 Å². The smallest absolute Gasteiger partial charge is 0.254 e. The van der Waals surface area contributed by atoms with E-state index in [4.69, 9.17) is 4.74 Å². The van der Waals surface area contributed by atoms with Crippen molar-refractivity contribution in [1.29, 1.82) is 0 Å². The summed E-state index contributed by atoms with van der Waals surface area (Å²) in [4.78, 5) is 32.2. The fourth-order valence-electron chi connectivity index (χ4n) is 4.48. The molecule has 0 saturated carbocycles. The highest BCUT2D eigenvalue weighted by atomic mass is 16.5. The van der Waals surface area contributed by atoms with Gasteiger partial charge in [-0.25, -0.2) is 0 Å². The number of carbonyl (C=O) groups is 2. The molecule has 0 bridgehead atoms. The second-order valence-electron chi connectivity index (χ2n) is 9.94. The van der Waals surface area contributed by atoms with Gasteiger partial charge in [-0.2, -0.15) is 0 Å². The molecule has 2 amide bonds. The second-order valence-corrected chi connectivity index (χ2v) is 9.94. The van der Waals surface area contributed by atoms with Crippen LogP contribution in [0.4, 0.5) is 5.82 Å². The molecule has 1 fully saturated rings. The number of nitrogens with zero attached hydrogens (tertiary/aromatic N) is 5. The zero-order valence-electron chi connectivity index (χ0n) is 22.8. The third-order valence-electron chi connectivity index (χ3n) is 7.11. The Bertz CT molecular complexity index is 1220. The Balaban J connectivity index is 1.36. The molecule has 1 atom stereocenters. The lowest BCUT2D eigenvalue weighted by atomic mass is 10.1. The summed E-state index contributed by atoms with van der Waals surface area (Å²) < 4.78 is 5.30. The number of anilines is 1. The predicted molar refractivity (Wildman–Crippen MR) is 149 cm³/mol. The summed E-state index contributed by atoms with van der Waals surface area (Å²) in [6.07, 6.45) is 0.947. The van der Waals surface area contributed by atoms with Gasteiger partial charge in [0.1, 0.15) is 12.3 Å². The number of aromatic nitrogens is 2. The Morgan fingerprint density at radius 1 is 1.00 bits per heavy atom. The highest BCUT2D eigenvalue weighted by molar-refractivity contribution is 5.96. The van der Waals surface area contributed by atoms with Gasteiger partial charge >= 0.3 is 0 Å². The van der Waals surface area contributed by atoms with E-state index in [0.717, 1.165) is 34.8 Å². The third-order valence-corrected chi connectivity index (χ3v) is 7.11. The van der Waals surface area contributed by atoms with E-state index in [1.165, 1.54) is 0 Å². The van der Waals surface area contributed by atoms with Crippen molar-refractivity contribution in [2.75, 3.05) is 51.3 Å². The van der Waals surface area contributed by atoms with Gasteiger partial charge in [0.15, 0.2) is 5.82 Å². The van der Waals surface area contributed by atoms with Gasteiger partial charge in [-0.1, -0.05) is 50.1 Å². The summed E-state index contributed by atoms with van der Waals surface area (Å²) >= 11 is 0. The number of hydrogen-bond acceptors (Lipinski definition) is 6. The van der Waals surface area contributed by atoms with Crippen molar-refractivity contribution in [2.45, 2.75) is 27.2 Å². The largest absolute Gasteiger partial charge is 0.497 e. The molecular formula is C30H37N5O3. The Kier molecular flexibility index (Phi) is 8.94. The van der Waals surface area contributed by atoms with Gasteiger partial charge in [-0.3, -0.25) is 9.59 Å². The summed E-state index contributed by atoms with van der Waals surface area (Å²) in [7, 11) is 1.64. The van der Waals surface area contributed by atoms with E-state index in [2.05, 4.69) is 28.9 Å². The van der Waals surface area contributed by atoms with Gasteiger partial charge in [-0.05, 0) is 49.2 Å². The first-order chi connectivity index (χ1) is 18.4. The van der Waals surface area contributed by atoms with Gasteiger partial charge in [0, 0.05) is 43.9 Å². The molecule has 1 aliphatic rings. The summed E-state index contributed by atoms with van der Waals surface area (Å²) in [5.74, 6) is 1.76. The Morgan fingerprint density at radius 3 is 2.37 bits per heavy atom. The molecule has 38 heavy (non-hydrogen) atoms. The van der Waals surface area contributed by atoms with E-state index in [-0.39, 0.29) is 18.4 Å². The first kappa shape index (κ1) is 27.1. The number of carbonyl (C=O) groups excluding carboxylic acids is 2. The van der Waals surface area contributed by atoms with Gasteiger partial charge in [-0.15, -0.1) is 10.2 Å². The SMILES string of the molecule is CC[C@@H](C)CN(CC(=O)N1CCN(c2ccc(-c3cccc(OC)c3)nn2)CC1)C(=O)c1ccc(C)cc1.